The molecule has 1 atom stereocenters. The molecule has 2 aromatic carbocycles. The van der Waals surface area contributed by atoms with Gasteiger partial charge in [-0.25, -0.2) is 4.79 Å². The molecule has 0 fully saturated rings. The lowest BCUT2D eigenvalue weighted by Gasteiger charge is -2.29. The molecule has 190 valence electrons. The van der Waals surface area contributed by atoms with Crippen molar-refractivity contribution in [2.45, 2.75) is 19.0 Å². The molecule has 9 heteroatoms. The third kappa shape index (κ3) is 5.12. The van der Waals surface area contributed by atoms with E-state index in [0.717, 1.165) is 11.1 Å². The third-order valence-corrected chi connectivity index (χ3v) is 6.61. The Kier molecular flexibility index (Phi) is 7.15. The van der Waals surface area contributed by atoms with E-state index in [1.807, 2.05) is 18.2 Å². The van der Waals surface area contributed by atoms with Gasteiger partial charge in [0, 0.05) is 42.3 Å². The van der Waals surface area contributed by atoms with E-state index in [1.165, 1.54) is 12.0 Å². The van der Waals surface area contributed by atoms with Crippen LogP contribution in [-0.4, -0.2) is 45.8 Å². The molecular weight excluding hydrogens is 504 g/mol. The van der Waals surface area contributed by atoms with E-state index >= 15 is 0 Å². The Morgan fingerprint density at radius 1 is 1.00 bits per heavy atom. The Morgan fingerprint density at radius 3 is 2.55 bits per heavy atom. The minimum Gasteiger partial charge on any atom is -0.465 e. The van der Waals surface area contributed by atoms with Crippen LogP contribution in [0.1, 0.15) is 32.0 Å². The lowest BCUT2D eigenvalue weighted by molar-refractivity contribution is -0.120. The van der Waals surface area contributed by atoms with Crippen LogP contribution in [0.3, 0.4) is 0 Å². The minimum atomic E-state index is -0.840. The van der Waals surface area contributed by atoms with Gasteiger partial charge in [-0.15, -0.1) is 0 Å². The average Bonchev–Trinajstić information content (AvgIpc) is 3.03. The van der Waals surface area contributed by atoms with Crippen molar-refractivity contribution in [1.29, 1.82) is 0 Å². The van der Waals surface area contributed by atoms with Crippen molar-refractivity contribution >= 4 is 35.1 Å². The first-order valence-electron chi connectivity index (χ1n) is 11.9. The molecule has 1 aliphatic rings. The number of anilines is 1. The topological polar surface area (TPSA) is 101 Å². The zero-order chi connectivity index (χ0) is 26.6. The molecule has 0 aliphatic carbocycles. The van der Waals surface area contributed by atoms with Gasteiger partial charge in [-0.1, -0.05) is 23.7 Å². The number of halogens is 1. The Labute approximate surface area is 224 Å². The highest BCUT2D eigenvalue weighted by atomic mass is 35.5. The van der Waals surface area contributed by atoms with Crippen LogP contribution in [0.2, 0.25) is 5.02 Å². The molecule has 38 heavy (non-hydrogen) atoms. The second-order valence-corrected chi connectivity index (χ2v) is 9.20. The van der Waals surface area contributed by atoms with Crippen LogP contribution in [-0.2, 0) is 22.5 Å². The van der Waals surface area contributed by atoms with Crippen LogP contribution in [0, 0.1) is 0 Å². The van der Waals surface area contributed by atoms with Crippen LogP contribution in [0.25, 0.3) is 11.1 Å². The summed E-state index contributed by atoms with van der Waals surface area (Å²) in [7, 11) is 1.33. The van der Waals surface area contributed by atoms with Crippen LogP contribution in [0.4, 0.5) is 5.69 Å². The van der Waals surface area contributed by atoms with Gasteiger partial charge in [-0.2, -0.15) is 0 Å². The Bertz CT molecular complexity index is 1510. The number of pyridine rings is 2. The van der Waals surface area contributed by atoms with Crippen LogP contribution < -0.4 is 5.32 Å². The summed E-state index contributed by atoms with van der Waals surface area (Å²) < 4.78 is 4.98. The summed E-state index contributed by atoms with van der Waals surface area (Å²) in [5.74, 6) is -1.14. The maximum atomic E-state index is 13.9. The summed E-state index contributed by atoms with van der Waals surface area (Å²) in [5.41, 5.74) is 3.89. The van der Waals surface area contributed by atoms with Gasteiger partial charge in [0.05, 0.1) is 23.9 Å². The van der Waals surface area contributed by atoms with Crippen LogP contribution in [0.15, 0.2) is 85.3 Å². The number of methoxy groups -OCH3 is 1. The number of hydrogen-bond donors (Lipinski definition) is 1. The molecule has 0 saturated heterocycles. The Balaban J connectivity index is 1.58. The van der Waals surface area contributed by atoms with Crippen LogP contribution >= 0.6 is 11.6 Å². The average molecular weight is 527 g/mol. The van der Waals surface area contributed by atoms with Gasteiger partial charge >= 0.3 is 5.97 Å². The summed E-state index contributed by atoms with van der Waals surface area (Å²) in [6.45, 7) is 0.116. The van der Waals surface area contributed by atoms with Crippen molar-refractivity contribution in [2.24, 2.45) is 0 Å². The first kappa shape index (κ1) is 25.1. The highest BCUT2D eigenvalue weighted by Gasteiger charge is 2.36. The number of amides is 2. The first-order valence-corrected chi connectivity index (χ1v) is 12.3. The van der Waals surface area contributed by atoms with Gasteiger partial charge in [0.25, 0.3) is 5.91 Å². The summed E-state index contributed by atoms with van der Waals surface area (Å²) in [5, 5.41) is 3.28. The molecule has 5 rings (SSSR count). The number of nitrogens with zero attached hydrogens (tertiary/aromatic N) is 3. The molecule has 4 aromatic rings. The molecule has 1 aliphatic heterocycles. The molecule has 0 saturated carbocycles. The van der Waals surface area contributed by atoms with Gasteiger partial charge in [0.15, 0.2) is 0 Å². The quantitative estimate of drug-likeness (QED) is 0.362. The smallest absolute Gasteiger partial charge is 0.338 e. The van der Waals surface area contributed by atoms with E-state index in [4.69, 9.17) is 16.3 Å². The summed E-state index contributed by atoms with van der Waals surface area (Å²) in [6.07, 6.45) is 5.14. The number of hydrogen-bond acceptors (Lipinski definition) is 6. The summed E-state index contributed by atoms with van der Waals surface area (Å²) >= 11 is 6.16. The van der Waals surface area contributed by atoms with Gasteiger partial charge in [-0.05, 0) is 71.3 Å². The summed E-state index contributed by atoms with van der Waals surface area (Å²) in [4.78, 5) is 49.8. The van der Waals surface area contributed by atoms with E-state index < -0.39 is 12.0 Å². The zero-order valence-corrected chi connectivity index (χ0v) is 21.2. The number of fused-ring (bicyclic) bond motifs is 1. The molecule has 2 amide bonds. The van der Waals surface area contributed by atoms with Crippen molar-refractivity contribution < 1.29 is 19.1 Å². The van der Waals surface area contributed by atoms with Gasteiger partial charge in [-0.3, -0.25) is 19.6 Å². The predicted octanol–water partition coefficient (Wildman–Crippen LogP) is 4.79. The lowest BCUT2D eigenvalue weighted by Crippen LogP contribution is -2.46. The first-order chi connectivity index (χ1) is 18.4. The molecule has 0 bridgehead atoms. The second kappa shape index (κ2) is 10.8. The fourth-order valence-corrected chi connectivity index (χ4v) is 4.68. The van der Waals surface area contributed by atoms with Crippen molar-refractivity contribution in [3.63, 3.8) is 0 Å². The van der Waals surface area contributed by atoms with Crippen molar-refractivity contribution in [1.82, 2.24) is 14.9 Å². The number of esters is 1. The number of rotatable bonds is 6. The predicted molar refractivity (Wildman–Crippen MR) is 143 cm³/mol. The highest BCUT2D eigenvalue weighted by molar-refractivity contribution is 6.31. The zero-order valence-electron chi connectivity index (χ0n) is 20.4. The molecule has 1 N–H and O–H groups in total. The van der Waals surface area contributed by atoms with E-state index in [1.54, 1.807) is 67.1 Å². The standard InChI is InChI=1S/C29H23ClN4O4/c1-38-29(37)22-7-5-18(14-24(22)19-9-12-31-13-10-19)17-34-26(16-21-4-2-3-11-32-21)27(35)33-25-15-20(30)6-8-23(25)28(34)36/h2-15,26H,16-17H2,1H3,(H,33,35)/t26-/m1/s1. The van der Waals surface area contributed by atoms with E-state index in [0.29, 0.717) is 33.1 Å². The number of nitrogens with one attached hydrogen (secondary N) is 1. The SMILES string of the molecule is COC(=O)c1ccc(CN2C(=O)c3ccc(Cl)cc3NC(=O)[C@H]2Cc2ccccn2)cc1-c1ccncc1. The largest absolute Gasteiger partial charge is 0.465 e. The fourth-order valence-electron chi connectivity index (χ4n) is 4.51. The van der Waals surface area contributed by atoms with Gasteiger partial charge < -0.3 is 15.0 Å². The fraction of sp³-hybridized carbons (Fsp3) is 0.138. The molecule has 0 unspecified atom stereocenters. The van der Waals surface area contributed by atoms with E-state index in [9.17, 15) is 14.4 Å². The molecule has 8 nitrogen and oxygen atoms in total. The molecule has 3 heterocycles. The summed E-state index contributed by atoms with van der Waals surface area (Å²) in [6, 6.07) is 18.2. The number of carbonyl (C=O) groups excluding carboxylic acids is 3. The Hall–Kier alpha value is -4.56. The number of benzene rings is 2. The normalized spacial score (nSPS) is 14.9. The van der Waals surface area contributed by atoms with E-state index in [-0.39, 0.29) is 24.8 Å². The van der Waals surface area contributed by atoms with Crippen molar-refractivity contribution in [2.75, 3.05) is 12.4 Å². The van der Waals surface area contributed by atoms with Crippen molar-refractivity contribution in [3.05, 3.63) is 113 Å². The lowest BCUT2D eigenvalue weighted by atomic mass is 9.97. The number of aromatic nitrogens is 2. The molecule has 2 aromatic heterocycles. The van der Waals surface area contributed by atoms with Gasteiger partial charge in [0.1, 0.15) is 6.04 Å². The van der Waals surface area contributed by atoms with Crippen LogP contribution in [0.5, 0.6) is 0 Å². The Morgan fingerprint density at radius 2 is 1.82 bits per heavy atom. The number of ether oxygens (including phenoxy) is 1. The number of carbonyl (C=O) groups is 3. The minimum absolute atomic E-state index is 0.116. The highest BCUT2D eigenvalue weighted by Crippen LogP contribution is 2.30. The second-order valence-electron chi connectivity index (χ2n) is 8.76. The monoisotopic (exact) mass is 526 g/mol. The van der Waals surface area contributed by atoms with Gasteiger partial charge in [0.2, 0.25) is 5.91 Å². The van der Waals surface area contributed by atoms with E-state index in [2.05, 4.69) is 15.3 Å². The maximum Gasteiger partial charge on any atom is 0.338 e. The van der Waals surface area contributed by atoms with Crippen molar-refractivity contribution in [3.8, 4) is 11.1 Å². The molecule has 0 radical (unpaired) electrons. The maximum absolute atomic E-state index is 13.9. The third-order valence-electron chi connectivity index (χ3n) is 6.37. The molecular formula is C29H23ClN4O4. The molecule has 0 spiro atoms.